The number of carboxylic acid groups (broad SMARTS) is 1. The van der Waals surface area contributed by atoms with Crippen molar-refractivity contribution in [3.63, 3.8) is 0 Å². The van der Waals surface area contributed by atoms with Gasteiger partial charge in [0, 0.05) is 18.0 Å². The van der Waals surface area contributed by atoms with Gasteiger partial charge in [-0.2, -0.15) is 0 Å². The lowest BCUT2D eigenvalue weighted by Gasteiger charge is -2.13. The molecule has 1 heterocycles. The van der Waals surface area contributed by atoms with Crippen molar-refractivity contribution in [1.82, 2.24) is 9.55 Å². The van der Waals surface area contributed by atoms with Crippen LogP contribution < -0.4 is 4.74 Å². The standard InChI is InChI=1S/C12H12N2O3/c1-8-9(12(15)16)3-4-10(11(8)17-2)14-6-5-13-7-14/h3-7H,1-2H3,(H,15,16). The van der Waals surface area contributed by atoms with Gasteiger partial charge in [-0.15, -0.1) is 0 Å². The zero-order valence-electron chi connectivity index (χ0n) is 9.54. The fourth-order valence-electron chi connectivity index (χ4n) is 1.77. The van der Waals surface area contributed by atoms with Gasteiger partial charge in [-0.1, -0.05) is 0 Å². The van der Waals surface area contributed by atoms with Gasteiger partial charge in [0.1, 0.15) is 5.75 Å². The van der Waals surface area contributed by atoms with Gasteiger partial charge in [0.05, 0.1) is 24.7 Å². The van der Waals surface area contributed by atoms with E-state index in [-0.39, 0.29) is 5.56 Å². The minimum Gasteiger partial charge on any atom is -0.494 e. The number of aromatic carboxylic acids is 1. The predicted molar refractivity (Wildman–Crippen MR) is 61.8 cm³/mol. The van der Waals surface area contributed by atoms with Gasteiger partial charge < -0.3 is 14.4 Å². The fourth-order valence-corrected chi connectivity index (χ4v) is 1.77. The topological polar surface area (TPSA) is 64.4 Å². The van der Waals surface area contributed by atoms with Crippen molar-refractivity contribution in [3.8, 4) is 11.4 Å². The second-order valence-corrected chi connectivity index (χ2v) is 3.57. The molecule has 0 saturated carbocycles. The van der Waals surface area contributed by atoms with Crippen molar-refractivity contribution in [2.45, 2.75) is 6.92 Å². The molecule has 88 valence electrons. The van der Waals surface area contributed by atoms with Crippen molar-refractivity contribution in [1.29, 1.82) is 0 Å². The van der Waals surface area contributed by atoms with Crippen molar-refractivity contribution in [2.24, 2.45) is 0 Å². The smallest absolute Gasteiger partial charge is 0.336 e. The monoisotopic (exact) mass is 232 g/mol. The normalized spacial score (nSPS) is 10.2. The lowest BCUT2D eigenvalue weighted by molar-refractivity contribution is 0.0695. The average molecular weight is 232 g/mol. The van der Waals surface area contributed by atoms with E-state index in [0.29, 0.717) is 11.3 Å². The first kappa shape index (κ1) is 11.2. The first-order chi connectivity index (χ1) is 8.15. The Morgan fingerprint density at radius 3 is 2.76 bits per heavy atom. The Balaban J connectivity index is 2.63. The van der Waals surface area contributed by atoms with Crippen LogP contribution in [-0.2, 0) is 0 Å². The van der Waals surface area contributed by atoms with Crippen LogP contribution in [0.3, 0.4) is 0 Å². The van der Waals surface area contributed by atoms with E-state index in [9.17, 15) is 4.79 Å². The Kier molecular flexibility index (Phi) is 2.82. The number of aromatic nitrogens is 2. The number of carboxylic acids is 1. The van der Waals surface area contributed by atoms with Gasteiger partial charge in [0.25, 0.3) is 0 Å². The average Bonchev–Trinajstić information content (AvgIpc) is 2.81. The van der Waals surface area contributed by atoms with E-state index in [2.05, 4.69) is 4.98 Å². The van der Waals surface area contributed by atoms with E-state index in [4.69, 9.17) is 9.84 Å². The minimum atomic E-state index is -0.960. The summed E-state index contributed by atoms with van der Waals surface area (Å²) < 4.78 is 7.05. The van der Waals surface area contributed by atoms with Gasteiger partial charge in [-0.3, -0.25) is 0 Å². The van der Waals surface area contributed by atoms with Gasteiger partial charge >= 0.3 is 5.97 Å². The van der Waals surface area contributed by atoms with Gasteiger partial charge in [0.2, 0.25) is 0 Å². The molecular formula is C12H12N2O3. The van der Waals surface area contributed by atoms with Crippen LogP contribution in [0.5, 0.6) is 5.75 Å². The lowest BCUT2D eigenvalue weighted by atomic mass is 10.1. The summed E-state index contributed by atoms with van der Waals surface area (Å²) in [6.07, 6.45) is 5.06. The summed E-state index contributed by atoms with van der Waals surface area (Å²) in [5, 5.41) is 9.03. The number of nitrogens with zero attached hydrogens (tertiary/aromatic N) is 2. The van der Waals surface area contributed by atoms with Gasteiger partial charge in [-0.05, 0) is 19.1 Å². The summed E-state index contributed by atoms with van der Waals surface area (Å²) in [4.78, 5) is 15.0. The maximum absolute atomic E-state index is 11.0. The number of benzene rings is 1. The van der Waals surface area contributed by atoms with Crippen molar-refractivity contribution in [3.05, 3.63) is 42.0 Å². The third-order valence-corrected chi connectivity index (χ3v) is 2.60. The molecule has 0 aliphatic carbocycles. The molecule has 0 amide bonds. The quantitative estimate of drug-likeness (QED) is 0.877. The molecule has 5 heteroatoms. The van der Waals surface area contributed by atoms with Crippen LogP contribution in [0.1, 0.15) is 15.9 Å². The van der Waals surface area contributed by atoms with E-state index in [1.807, 2.05) is 0 Å². The fraction of sp³-hybridized carbons (Fsp3) is 0.167. The number of carbonyl (C=O) groups is 1. The summed E-state index contributed by atoms with van der Waals surface area (Å²) in [6.45, 7) is 1.72. The van der Waals surface area contributed by atoms with Crippen LogP contribution in [0.25, 0.3) is 5.69 Å². The second-order valence-electron chi connectivity index (χ2n) is 3.57. The maximum Gasteiger partial charge on any atom is 0.336 e. The van der Waals surface area contributed by atoms with Crippen molar-refractivity contribution < 1.29 is 14.6 Å². The molecule has 0 radical (unpaired) electrons. The lowest BCUT2D eigenvalue weighted by Crippen LogP contribution is -2.05. The van der Waals surface area contributed by atoms with Crippen LogP contribution >= 0.6 is 0 Å². The Bertz CT molecular complexity index is 547. The molecule has 0 saturated heterocycles. The Hall–Kier alpha value is -2.30. The molecule has 2 aromatic rings. The zero-order valence-corrected chi connectivity index (χ0v) is 9.54. The predicted octanol–water partition coefficient (Wildman–Crippen LogP) is 1.89. The van der Waals surface area contributed by atoms with E-state index in [0.717, 1.165) is 5.69 Å². The number of hydrogen-bond acceptors (Lipinski definition) is 3. The molecule has 0 fully saturated rings. The third-order valence-electron chi connectivity index (χ3n) is 2.60. The second kappa shape index (κ2) is 4.29. The molecule has 2 rings (SSSR count). The molecule has 17 heavy (non-hydrogen) atoms. The van der Waals surface area contributed by atoms with Crippen LogP contribution in [-0.4, -0.2) is 27.7 Å². The molecule has 1 aromatic carbocycles. The van der Waals surface area contributed by atoms with Crippen LogP contribution in [0, 0.1) is 6.92 Å². The molecular weight excluding hydrogens is 220 g/mol. The number of rotatable bonds is 3. The van der Waals surface area contributed by atoms with Crippen molar-refractivity contribution >= 4 is 5.97 Å². The highest BCUT2D eigenvalue weighted by molar-refractivity contribution is 5.90. The number of ether oxygens (including phenoxy) is 1. The highest BCUT2D eigenvalue weighted by Crippen LogP contribution is 2.29. The van der Waals surface area contributed by atoms with Gasteiger partial charge in [0.15, 0.2) is 0 Å². The Labute approximate surface area is 98.3 Å². The molecule has 5 nitrogen and oxygen atoms in total. The minimum absolute atomic E-state index is 0.241. The van der Waals surface area contributed by atoms with Crippen LogP contribution in [0.15, 0.2) is 30.9 Å². The molecule has 0 bridgehead atoms. The molecule has 1 aromatic heterocycles. The molecule has 0 aliphatic heterocycles. The summed E-state index contributed by atoms with van der Waals surface area (Å²) in [5.74, 6) is -0.416. The SMILES string of the molecule is COc1c(-n2ccnc2)ccc(C(=O)O)c1C. The number of methoxy groups -OCH3 is 1. The molecule has 0 spiro atoms. The summed E-state index contributed by atoms with van der Waals surface area (Å²) in [6, 6.07) is 3.27. The summed E-state index contributed by atoms with van der Waals surface area (Å²) >= 11 is 0. The maximum atomic E-state index is 11.0. The zero-order chi connectivity index (χ0) is 12.4. The molecule has 0 atom stereocenters. The van der Waals surface area contributed by atoms with Gasteiger partial charge in [-0.25, -0.2) is 9.78 Å². The first-order valence-corrected chi connectivity index (χ1v) is 5.04. The molecule has 1 N–H and O–H groups in total. The van der Waals surface area contributed by atoms with Crippen molar-refractivity contribution in [2.75, 3.05) is 7.11 Å². The highest BCUT2D eigenvalue weighted by Gasteiger charge is 2.15. The highest BCUT2D eigenvalue weighted by atomic mass is 16.5. The van der Waals surface area contributed by atoms with E-state index in [1.54, 1.807) is 42.3 Å². The largest absolute Gasteiger partial charge is 0.494 e. The summed E-state index contributed by atoms with van der Waals surface area (Å²) in [7, 11) is 1.52. The first-order valence-electron chi connectivity index (χ1n) is 5.04. The molecule has 0 unspecified atom stereocenters. The third kappa shape index (κ3) is 1.87. The van der Waals surface area contributed by atoms with Crippen LogP contribution in [0.2, 0.25) is 0 Å². The Morgan fingerprint density at radius 1 is 1.47 bits per heavy atom. The summed E-state index contributed by atoms with van der Waals surface area (Å²) in [5.41, 5.74) is 1.62. The van der Waals surface area contributed by atoms with E-state index < -0.39 is 5.97 Å². The van der Waals surface area contributed by atoms with E-state index >= 15 is 0 Å². The Morgan fingerprint density at radius 2 is 2.24 bits per heavy atom. The number of hydrogen-bond donors (Lipinski definition) is 1. The van der Waals surface area contributed by atoms with E-state index in [1.165, 1.54) is 7.11 Å². The number of imidazole rings is 1. The van der Waals surface area contributed by atoms with Crippen LogP contribution in [0.4, 0.5) is 0 Å². The molecule has 0 aliphatic rings.